The van der Waals surface area contributed by atoms with E-state index in [1.54, 1.807) is 50.5 Å². The molecule has 0 unspecified atom stereocenters. The van der Waals surface area contributed by atoms with Crippen molar-refractivity contribution >= 4 is 17.8 Å². The zero-order valence-corrected chi connectivity index (χ0v) is 17.4. The Labute approximate surface area is 181 Å². The lowest BCUT2D eigenvalue weighted by Gasteiger charge is -2.21. The lowest BCUT2D eigenvalue weighted by Crippen LogP contribution is -2.35. The smallest absolute Gasteiger partial charge is 0.326 e. The third-order valence-electron chi connectivity index (χ3n) is 4.66. The molecule has 0 aromatic heterocycles. The van der Waals surface area contributed by atoms with Crippen molar-refractivity contribution < 1.29 is 19.1 Å². The standard InChI is InChI=1S/C25H24N2O4/c1-27(2)25(30)23(20-11-7-4-8-12-20)31-22(28)17-26-24(29)21-15-13-19(14-16-21)18-9-5-3-6-10-18/h3-16,23H,17H2,1-2H3,(H,26,29)/t23-/m1/s1. The van der Waals surface area contributed by atoms with Gasteiger partial charge in [0.2, 0.25) is 6.10 Å². The highest BCUT2D eigenvalue weighted by Gasteiger charge is 2.26. The van der Waals surface area contributed by atoms with E-state index in [1.807, 2.05) is 48.5 Å². The maximum Gasteiger partial charge on any atom is 0.326 e. The Hall–Kier alpha value is -3.93. The molecule has 0 fully saturated rings. The summed E-state index contributed by atoms with van der Waals surface area (Å²) in [4.78, 5) is 38.5. The zero-order chi connectivity index (χ0) is 22.2. The minimum Gasteiger partial charge on any atom is -0.446 e. The molecular formula is C25H24N2O4. The molecule has 0 aliphatic rings. The zero-order valence-electron chi connectivity index (χ0n) is 17.4. The van der Waals surface area contributed by atoms with Crippen molar-refractivity contribution in [2.24, 2.45) is 0 Å². The fraction of sp³-hybridized carbons (Fsp3) is 0.160. The third-order valence-corrected chi connectivity index (χ3v) is 4.66. The highest BCUT2D eigenvalue weighted by atomic mass is 16.5. The van der Waals surface area contributed by atoms with Gasteiger partial charge < -0.3 is 15.0 Å². The Morgan fingerprint density at radius 3 is 1.94 bits per heavy atom. The van der Waals surface area contributed by atoms with Crippen LogP contribution < -0.4 is 5.32 Å². The van der Waals surface area contributed by atoms with Crippen molar-refractivity contribution in [3.8, 4) is 11.1 Å². The van der Waals surface area contributed by atoms with Crippen LogP contribution in [0.4, 0.5) is 0 Å². The van der Waals surface area contributed by atoms with Crippen LogP contribution in [0.3, 0.4) is 0 Å². The number of rotatable bonds is 7. The van der Waals surface area contributed by atoms with Crippen LogP contribution in [0.1, 0.15) is 22.0 Å². The summed E-state index contributed by atoms with van der Waals surface area (Å²) in [5, 5.41) is 2.54. The predicted molar refractivity (Wildman–Crippen MR) is 118 cm³/mol. The first kappa shape index (κ1) is 21.8. The molecule has 6 nitrogen and oxygen atoms in total. The summed E-state index contributed by atoms with van der Waals surface area (Å²) >= 11 is 0. The van der Waals surface area contributed by atoms with Crippen LogP contribution >= 0.6 is 0 Å². The fourth-order valence-corrected chi connectivity index (χ4v) is 3.00. The summed E-state index contributed by atoms with van der Waals surface area (Å²) in [6, 6.07) is 25.7. The first-order chi connectivity index (χ1) is 15.0. The molecule has 0 saturated carbocycles. The molecular weight excluding hydrogens is 392 g/mol. The molecule has 0 saturated heterocycles. The van der Waals surface area contributed by atoms with Crippen LogP contribution in [0.25, 0.3) is 11.1 Å². The van der Waals surface area contributed by atoms with E-state index < -0.39 is 18.0 Å². The second-order valence-corrected chi connectivity index (χ2v) is 7.14. The summed E-state index contributed by atoms with van der Waals surface area (Å²) in [5.41, 5.74) is 3.04. The number of esters is 1. The van der Waals surface area contributed by atoms with Gasteiger partial charge in [0.25, 0.3) is 11.8 Å². The van der Waals surface area contributed by atoms with Gasteiger partial charge >= 0.3 is 5.97 Å². The predicted octanol–water partition coefficient (Wildman–Crippen LogP) is 3.46. The number of likely N-dealkylation sites (N-methyl/N-ethyl adjacent to an activating group) is 1. The quantitative estimate of drug-likeness (QED) is 0.599. The average molecular weight is 416 g/mol. The molecule has 0 heterocycles. The van der Waals surface area contributed by atoms with Gasteiger partial charge in [-0.2, -0.15) is 0 Å². The Balaban J connectivity index is 1.60. The average Bonchev–Trinajstić information content (AvgIpc) is 2.81. The van der Waals surface area contributed by atoms with E-state index in [0.717, 1.165) is 11.1 Å². The minimum atomic E-state index is -1.06. The summed E-state index contributed by atoms with van der Waals surface area (Å²) < 4.78 is 5.38. The molecule has 31 heavy (non-hydrogen) atoms. The second kappa shape index (κ2) is 10.2. The Morgan fingerprint density at radius 2 is 1.35 bits per heavy atom. The van der Waals surface area contributed by atoms with Crippen LogP contribution in [0, 0.1) is 0 Å². The highest BCUT2D eigenvalue weighted by Crippen LogP contribution is 2.20. The molecule has 0 spiro atoms. The SMILES string of the molecule is CN(C)C(=O)[C@H](OC(=O)CNC(=O)c1ccc(-c2ccccc2)cc1)c1ccccc1. The van der Waals surface area contributed by atoms with Gasteiger partial charge in [-0.15, -0.1) is 0 Å². The van der Waals surface area contributed by atoms with E-state index in [-0.39, 0.29) is 12.5 Å². The van der Waals surface area contributed by atoms with Crippen molar-refractivity contribution in [2.45, 2.75) is 6.10 Å². The van der Waals surface area contributed by atoms with Crippen molar-refractivity contribution in [1.82, 2.24) is 10.2 Å². The van der Waals surface area contributed by atoms with Gasteiger partial charge in [-0.05, 0) is 23.3 Å². The van der Waals surface area contributed by atoms with Crippen LogP contribution in [-0.4, -0.2) is 43.3 Å². The van der Waals surface area contributed by atoms with Gasteiger partial charge in [0, 0.05) is 25.2 Å². The molecule has 0 bridgehead atoms. The Bertz CT molecular complexity index is 1030. The molecule has 0 radical (unpaired) electrons. The lowest BCUT2D eigenvalue weighted by molar-refractivity contribution is -0.158. The normalized spacial score (nSPS) is 11.3. The number of carbonyl (C=O) groups is 3. The monoisotopic (exact) mass is 416 g/mol. The van der Waals surface area contributed by atoms with Crippen LogP contribution in [-0.2, 0) is 14.3 Å². The van der Waals surface area contributed by atoms with Gasteiger partial charge in [0.15, 0.2) is 0 Å². The summed E-state index contributed by atoms with van der Waals surface area (Å²) in [6.07, 6.45) is -1.06. The number of hydrogen-bond donors (Lipinski definition) is 1. The molecule has 0 aliphatic heterocycles. The van der Waals surface area contributed by atoms with Gasteiger partial charge in [0.1, 0.15) is 6.54 Å². The number of benzene rings is 3. The van der Waals surface area contributed by atoms with Gasteiger partial charge in [-0.3, -0.25) is 14.4 Å². The number of carbonyl (C=O) groups excluding carboxylic acids is 3. The van der Waals surface area contributed by atoms with Crippen molar-refractivity contribution in [3.63, 3.8) is 0 Å². The van der Waals surface area contributed by atoms with Crippen molar-refractivity contribution in [2.75, 3.05) is 20.6 Å². The van der Waals surface area contributed by atoms with E-state index in [9.17, 15) is 14.4 Å². The maximum absolute atomic E-state index is 12.4. The largest absolute Gasteiger partial charge is 0.446 e. The molecule has 2 amide bonds. The molecule has 3 aromatic rings. The molecule has 158 valence electrons. The molecule has 0 aliphatic carbocycles. The lowest BCUT2D eigenvalue weighted by atomic mass is 10.0. The molecule has 3 aromatic carbocycles. The highest BCUT2D eigenvalue weighted by molar-refractivity contribution is 5.96. The maximum atomic E-state index is 12.4. The van der Waals surface area contributed by atoms with Gasteiger partial charge in [0.05, 0.1) is 0 Å². The summed E-state index contributed by atoms with van der Waals surface area (Å²) in [6.45, 7) is -0.344. The molecule has 1 atom stereocenters. The molecule has 1 N–H and O–H groups in total. The number of nitrogens with one attached hydrogen (secondary N) is 1. The first-order valence-corrected chi connectivity index (χ1v) is 9.85. The van der Waals surface area contributed by atoms with E-state index in [2.05, 4.69) is 5.32 Å². The van der Waals surface area contributed by atoms with Crippen LogP contribution in [0.5, 0.6) is 0 Å². The fourth-order valence-electron chi connectivity index (χ4n) is 3.00. The number of amides is 2. The van der Waals surface area contributed by atoms with Crippen molar-refractivity contribution in [3.05, 3.63) is 96.1 Å². The summed E-state index contributed by atoms with van der Waals surface area (Å²) in [5.74, 6) is -1.45. The van der Waals surface area contributed by atoms with Crippen molar-refractivity contribution in [1.29, 1.82) is 0 Å². The first-order valence-electron chi connectivity index (χ1n) is 9.85. The number of nitrogens with zero attached hydrogens (tertiary/aromatic N) is 1. The third kappa shape index (κ3) is 5.79. The number of hydrogen-bond acceptors (Lipinski definition) is 4. The molecule has 6 heteroatoms. The number of ether oxygens (including phenoxy) is 1. The minimum absolute atomic E-state index is 0.344. The van der Waals surface area contributed by atoms with E-state index in [4.69, 9.17) is 4.74 Å². The van der Waals surface area contributed by atoms with E-state index in [1.165, 1.54) is 4.90 Å². The van der Waals surface area contributed by atoms with E-state index >= 15 is 0 Å². The molecule has 3 rings (SSSR count). The second-order valence-electron chi connectivity index (χ2n) is 7.14. The topological polar surface area (TPSA) is 75.7 Å². The Morgan fingerprint density at radius 1 is 0.806 bits per heavy atom. The van der Waals surface area contributed by atoms with Crippen LogP contribution in [0.15, 0.2) is 84.9 Å². The van der Waals surface area contributed by atoms with Crippen LogP contribution in [0.2, 0.25) is 0 Å². The van der Waals surface area contributed by atoms with Gasteiger partial charge in [-0.1, -0.05) is 72.8 Å². The van der Waals surface area contributed by atoms with Gasteiger partial charge in [-0.25, -0.2) is 0 Å². The summed E-state index contributed by atoms with van der Waals surface area (Å²) in [7, 11) is 3.18. The Kier molecular flexibility index (Phi) is 7.17. The van der Waals surface area contributed by atoms with E-state index in [0.29, 0.717) is 11.1 Å².